The molecule has 0 N–H and O–H groups in total. The Balaban J connectivity index is 2.44. The summed E-state index contributed by atoms with van der Waals surface area (Å²) < 4.78 is 10.9. The molecule has 0 unspecified atom stereocenters. The lowest BCUT2D eigenvalue weighted by Gasteiger charge is -2.34. The van der Waals surface area contributed by atoms with Gasteiger partial charge in [-0.15, -0.1) is 0 Å². The van der Waals surface area contributed by atoms with E-state index in [0.717, 1.165) is 13.6 Å². The van der Waals surface area contributed by atoms with E-state index < -0.39 is 5.60 Å². The van der Waals surface area contributed by atoms with Crippen molar-refractivity contribution in [2.75, 3.05) is 19.7 Å². The molecule has 1 rings (SSSR count). The Morgan fingerprint density at radius 3 is 2.81 bits per heavy atom. The number of carbonyl (C=O) groups excluding carboxylic acids is 1. The van der Waals surface area contributed by atoms with Gasteiger partial charge in [-0.3, -0.25) is 0 Å². The summed E-state index contributed by atoms with van der Waals surface area (Å²) in [5.41, 5.74) is -0.421. The van der Waals surface area contributed by atoms with E-state index in [-0.39, 0.29) is 12.2 Å². The average Bonchev–Trinajstić information content (AvgIpc) is 2.16. The Bertz CT molecular complexity index is 238. The van der Waals surface area contributed by atoms with Crippen molar-refractivity contribution in [3.63, 3.8) is 0 Å². The summed E-state index contributed by atoms with van der Waals surface area (Å²) in [6.45, 7) is 9.68. The molecule has 0 aromatic carbocycles. The third-order valence-corrected chi connectivity index (χ3v) is 2.40. The molecule has 92 valence electrons. The van der Waals surface area contributed by atoms with E-state index in [1.165, 1.54) is 0 Å². The van der Waals surface area contributed by atoms with Crippen molar-refractivity contribution in [2.24, 2.45) is 0 Å². The number of hydrogen-bond acceptors (Lipinski definition) is 3. The van der Waals surface area contributed by atoms with Gasteiger partial charge in [0.05, 0.1) is 12.7 Å². The Morgan fingerprint density at radius 1 is 1.56 bits per heavy atom. The van der Waals surface area contributed by atoms with Crippen LogP contribution in [0.3, 0.4) is 0 Å². The minimum Gasteiger partial charge on any atom is -0.444 e. The van der Waals surface area contributed by atoms with E-state index in [9.17, 15) is 4.79 Å². The molecule has 0 aromatic rings. The van der Waals surface area contributed by atoms with Gasteiger partial charge < -0.3 is 14.4 Å². The lowest BCUT2D eigenvalue weighted by Crippen LogP contribution is -2.47. The number of ether oxygens (including phenoxy) is 2. The number of amides is 1. The van der Waals surface area contributed by atoms with Crippen molar-refractivity contribution in [2.45, 2.75) is 45.6 Å². The van der Waals surface area contributed by atoms with E-state index in [2.05, 4.69) is 6.82 Å². The van der Waals surface area contributed by atoms with Gasteiger partial charge in [-0.05, 0) is 20.8 Å². The molecular formula is C11H22BNO3. The van der Waals surface area contributed by atoms with Crippen LogP contribution in [0.2, 0.25) is 13.1 Å². The minimum absolute atomic E-state index is 0.172. The summed E-state index contributed by atoms with van der Waals surface area (Å²) in [5.74, 6) is 0. The molecule has 0 aliphatic carbocycles. The predicted octanol–water partition coefficient (Wildman–Crippen LogP) is 1.53. The fourth-order valence-corrected chi connectivity index (χ4v) is 1.71. The van der Waals surface area contributed by atoms with Crippen LogP contribution in [0.1, 0.15) is 20.8 Å². The Hall–Kier alpha value is -0.705. The first-order valence-electron chi connectivity index (χ1n) is 6.02. The van der Waals surface area contributed by atoms with Gasteiger partial charge >= 0.3 is 6.09 Å². The SMILES string of the molecule is CBC[C@@H]1CN(C(=O)OC(C)(C)C)CCO1. The lowest BCUT2D eigenvalue weighted by molar-refractivity contribution is -0.0352. The predicted molar refractivity (Wildman–Crippen MR) is 65.4 cm³/mol. The van der Waals surface area contributed by atoms with Crippen LogP contribution in [-0.4, -0.2) is 49.7 Å². The Morgan fingerprint density at radius 2 is 2.25 bits per heavy atom. The molecule has 0 radical (unpaired) electrons. The van der Waals surface area contributed by atoms with Gasteiger partial charge in [0.25, 0.3) is 0 Å². The Kier molecular flexibility index (Phi) is 4.65. The average molecular weight is 227 g/mol. The number of nitrogens with zero attached hydrogens (tertiary/aromatic N) is 1. The molecular weight excluding hydrogens is 205 g/mol. The van der Waals surface area contributed by atoms with E-state index in [4.69, 9.17) is 9.47 Å². The first-order valence-corrected chi connectivity index (χ1v) is 6.02. The topological polar surface area (TPSA) is 38.8 Å². The van der Waals surface area contributed by atoms with Crippen molar-refractivity contribution < 1.29 is 14.3 Å². The molecule has 1 heterocycles. The summed E-state index contributed by atoms with van der Waals surface area (Å²) in [6, 6.07) is 0. The maximum absolute atomic E-state index is 11.8. The standard InChI is InChI=1S/C11H22BNO3/c1-11(2,3)16-10(14)13-5-6-15-9(8-13)7-12-4/h9,12H,5-8H2,1-4H3/t9-/m1/s1. The van der Waals surface area contributed by atoms with E-state index in [1.54, 1.807) is 4.90 Å². The highest BCUT2D eigenvalue weighted by molar-refractivity contribution is 6.33. The summed E-state index contributed by atoms with van der Waals surface area (Å²) in [6.07, 6.45) is 0.947. The molecule has 0 aromatic heterocycles. The Labute approximate surface area is 98.5 Å². The maximum Gasteiger partial charge on any atom is 0.410 e. The van der Waals surface area contributed by atoms with E-state index >= 15 is 0 Å². The third kappa shape index (κ3) is 4.43. The monoisotopic (exact) mass is 227 g/mol. The highest BCUT2D eigenvalue weighted by Gasteiger charge is 2.27. The molecule has 1 saturated heterocycles. The molecule has 4 nitrogen and oxygen atoms in total. The van der Waals surface area contributed by atoms with Crippen molar-refractivity contribution in [1.82, 2.24) is 4.90 Å². The third-order valence-electron chi connectivity index (χ3n) is 2.40. The fourth-order valence-electron chi connectivity index (χ4n) is 1.71. The van der Waals surface area contributed by atoms with Gasteiger partial charge in [0, 0.05) is 13.1 Å². The molecule has 0 bridgehead atoms. The zero-order valence-electron chi connectivity index (χ0n) is 10.8. The van der Waals surface area contributed by atoms with E-state index in [1.807, 2.05) is 20.8 Å². The second kappa shape index (κ2) is 5.57. The second-order valence-corrected chi connectivity index (χ2v) is 5.21. The molecule has 1 fully saturated rings. The first-order chi connectivity index (χ1) is 7.42. The molecule has 0 spiro atoms. The van der Waals surface area contributed by atoms with Crippen LogP contribution in [0.4, 0.5) is 4.79 Å². The van der Waals surface area contributed by atoms with Crippen LogP contribution < -0.4 is 0 Å². The van der Waals surface area contributed by atoms with Crippen molar-refractivity contribution in [1.29, 1.82) is 0 Å². The van der Waals surface area contributed by atoms with Gasteiger partial charge in [0.1, 0.15) is 12.9 Å². The number of rotatable bonds is 2. The summed E-state index contributed by atoms with van der Waals surface area (Å²) >= 11 is 0. The fraction of sp³-hybridized carbons (Fsp3) is 0.909. The molecule has 1 aliphatic rings. The summed E-state index contributed by atoms with van der Waals surface area (Å²) in [7, 11) is 1.08. The normalized spacial score (nSPS) is 21.8. The molecule has 5 heteroatoms. The summed E-state index contributed by atoms with van der Waals surface area (Å²) in [4.78, 5) is 13.6. The second-order valence-electron chi connectivity index (χ2n) is 5.21. The quantitative estimate of drug-likeness (QED) is 0.671. The van der Waals surface area contributed by atoms with E-state index in [0.29, 0.717) is 19.7 Å². The first kappa shape index (κ1) is 13.4. The lowest BCUT2D eigenvalue weighted by atomic mass is 9.75. The van der Waals surface area contributed by atoms with Crippen molar-refractivity contribution in [3.05, 3.63) is 0 Å². The van der Waals surface area contributed by atoms with Gasteiger partial charge in [-0.1, -0.05) is 13.1 Å². The number of hydrogen-bond donors (Lipinski definition) is 0. The number of carbonyl (C=O) groups is 1. The van der Waals surface area contributed by atoms with Crippen LogP contribution in [0.25, 0.3) is 0 Å². The van der Waals surface area contributed by atoms with Gasteiger partial charge in [-0.2, -0.15) is 0 Å². The molecule has 16 heavy (non-hydrogen) atoms. The van der Waals surface area contributed by atoms with Crippen molar-refractivity contribution in [3.8, 4) is 0 Å². The molecule has 1 aliphatic heterocycles. The molecule has 0 saturated carbocycles. The molecule has 1 atom stereocenters. The van der Waals surface area contributed by atoms with Crippen LogP contribution in [0.15, 0.2) is 0 Å². The van der Waals surface area contributed by atoms with Gasteiger partial charge in [-0.25, -0.2) is 4.79 Å². The van der Waals surface area contributed by atoms with Crippen molar-refractivity contribution >= 4 is 13.4 Å². The van der Waals surface area contributed by atoms with Gasteiger partial charge in [0.2, 0.25) is 0 Å². The number of morpholine rings is 1. The van der Waals surface area contributed by atoms with Crippen LogP contribution in [0, 0.1) is 0 Å². The molecule has 1 amide bonds. The van der Waals surface area contributed by atoms with Crippen LogP contribution in [-0.2, 0) is 9.47 Å². The van der Waals surface area contributed by atoms with Gasteiger partial charge in [0.15, 0.2) is 0 Å². The van der Waals surface area contributed by atoms with Crippen LogP contribution in [0.5, 0.6) is 0 Å². The minimum atomic E-state index is -0.421. The zero-order valence-corrected chi connectivity index (χ0v) is 10.8. The smallest absolute Gasteiger partial charge is 0.410 e. The summed E-state index contributed by atoms with van der Waals surface area (Å²) in [5, 5.41) is 0. The highest BCUT2D eigenvalue weighted by atomic mass is 16.6. The van der Waals surface area contributed by atoms with Crippen LogP contribution >= 0.6 is 0 Å². The zero-order chi connectivity index (χ0) is 12.2. The largest absolute Gasteiger partial charge is 0.444 e. The highest BCUT2D eigenvalue weighted by Crippen LogP contribution is 2.14. The maximum atomic E-state index is 11.8.